The van der Waals surface area contributed by atoms with Crippen LogP contribution >= 0.6 is 0 Å². The first-order valence-electron chi connectivity index (χ1n) is 7.90. The van der Waals surface area contributed by atoms with E-state index in [-0.39, 0.29) is 50.7 Å². The number of nitrogens with zero attached hydrogens (tertiary/aromatic N) is 2. The highest BCUT2D eigenvalue weighted by Gasteiger charge is 2.37. The molecule has 8 nitrogen and oxygen atoms in total. The van der Waals surface area contributed by atoms with Crippen molar-refractivity contribution >= 4 is 23.8 Å². The zero-order chi connectivity index (χ0) is 18.6. The number of halogens is 3. The van der Waals surface area contributed by atoms with E-state index in [1.807, 2.05) is 0 Å². The van der Waals surface area contributed by atoms with Crippen molar-refractivity contribution in [3.8, 4) is 0 Å². The molecule has 0 aromatic rings. The van der Waals surface area contributed by atoms with E-state index < -0.39 is 30.7 Å². The van der Waals surface area contributed by atoms with Gasteiger partial charge in [-0.3, -0.25) is 19.3 Å². The third kappa shape index (κ3) is 5.33. The second-order valence-corrected chi connectivity index (χ2v) is 5.91. The van der Waals surface area contributed by atoms with Gasteiger partial charge in [0.1, 0.15) is 12.6 Å². The van der Waals surface area contributed by atoms with E-state index in [1.54, 1.807) is 0 Å². The number of hydrogen-bond acceptors (Lipinski definition) is 4. The normalized spacial score (nSPS) is 21.7. The number of hydrogen-bond donors (Lipinski definition) is 2. The molecule has 5 amide bonds. The highest BCUT2D eigenvalue weighted by Crippen LogP contribution is 2.20. The summed E-state index contributed by atoms with van der Waals surface area (Å²) in [5, 5.41) is 4.73. The molecular formula is C14H19F3N4O4. The number of imide groups is 1. The van der Waals surface area contributed by atoms with Crippen molar-refractivity contribution in [1.29, 1.82) is 0 Å². The standard InChI is InChI=1S/C14H19F3N4O4/c15-14(16,17)8-20-6-1-2-9(12(20)24)19-13(25)18-5-7-21-10(22)3-4-11(21)23/h9H,1-8H2,(H2,18,19,25). The minimum Gasteiger partial charge on any atom is -0.336 e. The maximum atomic E-state index is 12.4. The van der Waals surface area contributed by atoms with E-state index in [1.165, 1.54) is 0 Å². The van der Waals surface area contributed by atoms with Crippen molar-refractivity contribution in [3.63, 3.8) is 0 Å². The lowest BCUT2D eigenvalue weighted by Gasteiger charge is -2.33. The summed E-state index contributed by atoms with van der Waals surface area (Å²) in [6, 6.07) is -1.75. The number of carbonyl (C=O) groups is 4. The molecule has 0 saturated carbocycles. The number of amides is 5. The predicted octanol–water partition coefficient (Wildman–Crippen LogP) is -0.0121. The predicted molar refractivity (Wildman–Crippen MR) is 78.1 cm³/mol. The van der Waals surface area contributed by atoms with Gasteiger partial charge in [-0.25, -0.2) is 4.79 Å². The Bertz CT molecular complexity index is 551. The fourth-order valence-electron chi connectivity index (χ4n) is 2.81. The van der Waals surface area contributed by atoms with Crippen LogP contribution in [0.4, 0.5) is 18.0 Å². The van der Waals surface area contributed by atoms with Gasteiger partial charge in [0.15, 0.2) is 0 Å². The third-order valence-corrected chi connectivity index (χ3v) is 3.98. The highest BCUT2D eigenvalue weighted by molar-refractivity contribution is 6.01. The minimum atomic E-state index is -4.49. The molecule has 0 spiro atoms. The summed E-state index contributed by atoms with van der Waals surface area (Å²) >= 11 is 0. The minimum absolute atomic E-state index is 0.00265. The van der Waals surface area contributed by atoms with Gasteiger partial charge in [0.05, 0.1) is 0 Å². The number of alkyl halides is 3. The summed E-state index contributed by atoms with van der Waals surface area (Å²) in [6.45, 7) is -1.33. The largest absolute Gasteiger partial charge is 0.406 e. The number of carbonyl (C=O) groups excluding carboxylic acids is 4. The topological polar surface area (TPSA) is 98.8 Å². The van der Waals surface area contributed by atoms with Crippen LogP contribution in [-0.2, 0) is 14.4 Å². The van der Waals surface area contributed by atoms with Gasteiger partial charge < -0.3 is 15.5 Å². The molecule has 140 valence electrons. The molecule has 2 saturated heterocycles. The molecule has 2 rings (SSSR count). The van der Waals surface area contributed by atoms with Gasteiger partial charge in [-0.2, -0.15) is 13.2 Å². The van der Waals surface area contributed by atoms with Crippen LogP contribution in [-0.4, -0.2) is 71.9 Å². The first-order valence-corrected chi connectivity index (χ1v) is 7.90. The van der Waals surface area contributed by atoms with Crippen molar-refractivity contribution in [2.75, 3.05) is 26.2 Å². The molecule has 0 aliphatic carbocycles. The third-order valence-electron chi connectivity index (χ3n) is 3.98. The van der Waals surface area contributed by atoms with E-state index >= 15 is 0 Å². The molecule has 0 aromatic heterocycles. The SMILES string of the molecule is O=C(NCCN1C(=O)CCC1=O)NC1CCCN(CC(F)(F)F)C1=O. The fourth-order valence-corrected chi connectivity index (χ4v) is 2.81. The molecule has 1 atom stereocenters. The Morgan fingerprint density at radius 1 is 1.16 bits per heavy atom. The lowest BCUT2D eigenvalue weighted by molar-refractivity contribution is -0.164. The Morgan fingerprint density at radius 3 is 2.40 bits per heavy atom. The van der Waals surface area contributed by atoms with Gasteiger partial charge in [0.25, 0.3) is 0 Å². The quantitative estimate of drug-likeness (QED) is 0.670. The van der Waals surface area contributed by atoms with Crippen molar-refractivity contribution in [3.05, 3.63) is 0 Å². The molecule has 2 N–H and O–H groups in total. The summed E-state index contributed by atoms with van der Waals surface area (Å²) in [4.78, 5) is 48.3. The number of nitrogens with one attached hydrogen (secondary N) is 2. The van der Waals surface area contributed by atoms with Crippen LogP contribution in [0.15, 0.2) is 0 Å². The summed E-state index contributed by atoms with van der Waals surface area (Å²) in [5.41, 5.74) is 0. The van der Waals surface area contributed by atoms with Crippen LogP contribution in [0.25, 0.3) is 0 Å². The van der Waals surface area contributed by atoms with E-state index in [4.69, 9.17) is 0 Å². The van der Waals surface area contributed by atoms with Crippen LogP contribution in [0.1, 0.15) is 25.7 Å². The molecule has 2 fully saturated rings. The average Bonchev–Trinajstić information content (AvgIpc) is 2.82. The number of urea groups is 1. The number of rotatable bonds is 5. The Hall–Kier alpha value is -2.33. The zero-order valence-electron chi connectivity index (χ0n) is 13.4. The van der Waals surface area contributed by atoms with Crippen molar-refractivity contribution in [1.82, 2.24) is 20.4 Å². The molecule has 25 heavy (non-hydrogen) atoms. The van der Waals surface area contributed by atoms with Crippen LogP contribution in [0.2, 0.25) is 0 Å². The second kappa shape index (κ2) is 7.70. The van der Waals surface area contributed by atoms with Crippen LogP contribution in [0, 0.1) is 0 Å². The van der Waals surface area contributed by atoms with Crippen LogP contribution in [0.3, 0.4) is 0 Å². The molecule has 0 radical (unpaired) electrons. The number of likely N-dealkylation sites (tertiary alicyclic amines) is 2. The summed E-state index contributed by atoms with van der Waals surface area (Å²) < 4.78 is 37.3. The van der Waals surface area contributed by atoms with Crippen LogP contribution < -0.4 is 10.6 Å². The molecule has 0 aromatic carbocycles. The van der Waals surface area contributed by atoms with Crippen molar-refractivity contribution < 1.29 is 32.3 Å². The smallest absolute Gasteiger partial charge is 0.336 e. The Balaban J connectivity index is 1.76. The second-order valence-electron chi connectivity index (χ2n) is 5.91. The van der Waals surface area contributed by atoms with Gasteiger partial charge in [-0.15, -0.1) is 0 Å². The number of piperidine rings is 1. The van der Waals surface area contributed by atoms with Crippen molar-refractivity contribution in [2.45, 2.75) is 37.9 Å². The van der Waals surface area contributed by atoms with Gasteiger partial charge in [-0.05, 0) is 12.8 Å². The van der Waals surface area contributed by atoms with Crippen LogP contribution in [0.5, 0.6) is 0 Å². The monoisotopic (exact) mass is 364 g/mol. The lowest BCUT2D eigenvalue weighted by Crippen LogP contribution is -2.56. The van der Waals surface area contributed by atoms with E-state index in [0.29, 0.717) is 11.3 Å². The van der Waals surface area contributed by atoms with Gasteiger partial charge in [-0.1, -0.05) is 0 Å². The Kier molecular flexibility index (Phi) is 5.85. The molecule has 2 aliphatic heterocycles. The molecule has 11 heteroatoms. The maximum Gasteiger partial charge on any atom is 0.406 e. The Morgan fingerprint density at radius 2 is 1.80 bits per heavy atom. The van der Waals surface area contributed by atoms with Gasteiger partial charge in [0.2, 0.25) is 17.7 Å². The molecule has 0 bridgehead atoms. The first kappa shape index (κ1) is 19.0. The van der Waals surface area contributed by atoms with E-state index in [0.717, 1.165) is 4.90 Å². The molecule has 1 unspecified atom stereocenters. The average molecular weight is 364 g/mol. The Labute approximate surface area is 141 Å². The summed E-state index contributed by atoms with van der Waals surface area (Å²) in [5.74, 6) is -1.39. The summed E-state index contributed by atoms with van der Waals surface area (Å²) in [6.07, 6.45) is -3.59. The molecule has 2 heterocycles. The molecular weight excluding hydrogens is 345 g/mol. The fraction of sp³-hybridized carbons (Fsp3) is 0.714. The molecule has 2 aliphatic rings. The van der Waals surface area contributed by atoms with E-state index in [2.05, 4.69) is 10.6 Å². The van der Waals surface area contributed by atoms with E-state index in [9.17, 15) is 32.3 Å². The highest BCUT2D eigenvalue weighted by atomic mass is 19.4. The first-order chi connectivity index (χ1) is 11.7. The lowest BCUT2D eigenvalue weighted by atomic mass is 10.0. The van der Waals surface area contributed by atoms with Gasteiger partial charge in [0, 0.05) is 32.5 Å². The van der Waals surface area contributed by atoms with Gasteiger partial charge >= 0.3 is 12.2 Å². The zero-order valence-corrected chi connectivity index (χ0v) is 13.4. The summed E-state index contributed by atoms with van der Waals surface area (Å²) in [7, 11) is 0. The van der Waals surface area contributed by atoms with Crippen molar-refractivity contribution in [2.24, 2.45) is 0 Å². The maximum absolute atomic E-state index is 12.4.